The largest absolute Gasteiger partial charge is 0.394 e. The Labute approximate surface area is 197 Å². The van der Waals surface area contributed by atoms with E-state index in [1.54, 1.807) is 0 Å². The summed E-state index contributed by atoms with van der Waals surface area (Å²) in [4.78, 5) is 0.538. The normalized spacial score (nSPS) is 25.4. The summed E-state index contributed by atoms with van der Waals surface area (Å²) in [7, 11) is 0. The van der Waals surface area contributed by atoms with Crippen LogP contribution in [0.25, 0.3) is 11.3 Å². The van der Waals surface area contributed by atoms with E-state index < -0.39 is 59.7 Å². The van der Waals surface area contributed by atoms with Crippen molar-refractivity contribution < 1.29 is 37.6 Å². The number of halogens is 5. The molecule has 0 spiro atoms. The predicted octanol–water partition coefficient (Wildman–Crippen LogP) is 3.04. The van der Waals surface area contributed by atoms with E-state index in [4.69, 9.17) is 4.74 Å². The minimum atomic E-state index is -1.63. The summed E-state index contributed by atoms with van der Waals surface area (Å²) in [5.74, 6) is -4.92. The fourth-order valence-corrected chi connectivity index (χ4v) is 5.05. The van der Waals surface area contributed by atoms with E-state index in [1.165, 1.54) is 24.4 Å². The van der Waals surface area contributed by atoms with Crippen molar-refractivity contribution in [3.8, 4) is 11.3 Å². The minimum absolute atomic E-state index is 0.0362. The fourth-order valence-electron chi connectivity index (χ4n) is 3.42. The first-order chi connectivity index (χ1) is 15.7. The molecule has 3 N–H and O–H groups in total. The Morgan fingerprint density at radius 2 is 1.73 bits per heavy atom. The molecule has 33 heavy (non-hydrogen) atoms. The lowest BCUT2D eigenvalue weighted by Gasteiger charge is -2.41. The quantitative estimate of drug-likeness (QED) is 0.332. The maximum Gasteiger partial charge on any atom is 0.194 e. The van der Waals surface area contributed by atoms with Crippen molar-refractivity contribution in [2.75, 3.05) is 6.61 Å². The zero-order valence-corrected chi connectivity index (χ0v) is 18.9. The molecule has 1 fully saturated rings. The Hall–Kier alpha value is -2.03. The monoisotopic (exact) mass is 549 g/mol. The van der Waals surface area contributed by atoms with Gasteiger partial charge in [0.2, 0.25) is 0 Å². The van der Waals surface area contributed by atoms with Crippen LogP contribution in [0.4, 0.5) is 17.6 Å². The molecule has 0 bridgehead atoms. The Morgan fingerprint density at radius 1 is 1.03 bits per heavy atom. The molecule has 2 aromatic carbocycles. The minimum Gasteiger partial charge on any atom is -0.394 e. The van der Waals surface area contributed by atoms with E-state index >= 15 is 0 Å². The van der Waals surface area contributed by atoms with Gasteiger partial charge in [0.05, 0.1) is 17.3 Å². The number of benzene rings is 2. The number of aliphatic hydroxyl groups excluding tert-OH is 3. The summed E-state index contributed by atoms with van der Waals surface area (Å²) >= 11 is 4.11. The van der Waals surface area contributed by atoms with Crippen molar-refractivity contribution in [3.63, 3.8) is 0 Å². The van der Waals surface area contributed by atoms with E-state index in [2.05, 4.69) is 26.2 Å². The van der Waals surface area contributed by atoms with Gasteiger partial charge in [-0.25, -0.2) is 22.2 Å². The van der Waals surface area contributed by atoms with Crippen LogP contribution in [0.3, 0.4) is 0 Å². The number of hydrogen-bond acceptors (Lipinski definition) is 7. The van der Waals surface area contributed by atoms with Gasteiger partial charge in [-0.1, -0.05) is 17.0 Å². The second-order valence-corrected chi connectivity index (χ2v) is 9.25. The van der Waals surface area contributed by atoms with Gasteiger partial charge >= 0.3 is 0 Å². The lowest BCUT2D eigenvalue weighted by Crippen LogP contribution is -2.55. The molecule has 0 aliphatic carbocycles. The van der Waals surface area contributed by atoms with E-state index in [0.29, 0.717) is 4.90 Å². The number of nitrogens with zero attached hydrogens (tertiary/aromatic N) is 3. The fraction of sp³-hybridized carbons (Fsp3) is 0.300. The van der Waals surface area contributed by atoms with Crippen LogP contribution in [-0.4, -0.2) is 60.7 Å². The van der Waals surface area contributed by atoms with E-state index in [9.17, 15) is 32.9 Å². The molecular formula is C20H16BrF4N3O4S. The van der Waals surface area contributed by atoms with Crippen molar-refractivity contribution in [1.82, 2.24) is 15.0 Å². The van der Waals surface area contributed by atoms with Crippen molar-refractivity contribution in [1.29, 1.82) is 0 Å². The topological polar surface area (TPSA) is 101 Å². The standard InChI is InChI=1S/C20H16BrF4N3O4S/c21-10-5-9(1-2-11(10)22)33-20-19(31)17(18(30)15(7-29)32-20)28-6-14(26-27-28)8-3-12(23)16(25)13(24)4-8/h1-6,15,17-20,29-31H,7H2. The van der Waals surface area contributed by atoms with Crippen LogP contribution >= 0.6 is 27.7 Å². The van der Waals surface area contributed by atoms with Gasteiger partial charge in [-0.05, 0) is 46.3 Å². The van der Waals surface area contributed by atoms with Gasteiger partial charge in [-0.3, -0.25) is 0 Å². The average Bonchev–Trinajstić information content (AvgIpc) is 3.26. The van der Waals surface area contributed by atoms with Crippen LogP contribution in [-0.2, 0) is 4.74 Å². The molecule has 0 saturated carbocycles. The predicted molar refractivity (Wildman–Crippen MR) is 112 cm³/mol. The molecule has 0 radical (unpaired) electrons. The SMILES string of the molecule is OCC1OC(Sc2ccc(F)c(Br)c2)C(O)C(n2cc(-c3cc(F)c(F)c(F)c3)nn2)C1O. The second kappa shape index (κ2) is 9.68. The average molecular weight is 550 g/mol. The van der Waals surface area contributed by atoms with Gasteiger partial charge in [-0.2, -0.15) is 0 Å². The van der Waals surface area contributed by atoms with Crippen LogP contribution in [0.15, 0.2) is 45.9 Å². The molecule has 176 valence electrons. The maximum absolute atomic E-state index is 13.6. The summed E-state index contributed by atoms with van der Waals surface area (Å²) < 4.78 is 60.9. The zero-order chi connectivity index (χ0) is 23.9. The summed E-state index contributed by atoms with van der Waals surface area (Å²) in [6.45, 7) is -0.579. The van der Waals surface area contributed by atoms with Gasteiger partial charge in [0.1, 0.15) is 41.3 Å². The van der Waals surface area contributed by atoms with Gasteiger partial charge < -0.3 is 20.1 Å². The smallest absolute Gasteiger partial charge is 0.194 e. The van der Waals surface area contributed by atoms with E-state index in [1.807, 2.05) is 0 Å². The number of aromatic nitrogens is 3. The molecular weight excluding hydrogens is 534 g/mol. The van der Waals surface area contributed by atoms with Crippen molar-refractivity contribution >= 4 is 27.7 Å². The van der Waals surface area contributed by atoms with Gasteiger partial charge in [0.15, 0.2) is 17.5 Å². The van der Waals surface area contributed by atoms with E-state index in [-0.39, 0.29) is 15.7 Å². The molecule has 5 unspecified atom stereocenters. The molecule has 1 aromatic heterocycles. The van der Waals surface area contributed by atoms with Crippen LogP contribution < -0.4 is 0 Å². The molecule has 4 rings (SSSR count). The number of hydrogen-bond donors (Lipinski definition) is 3. The first-order valence-electron chi connectivity index (χ1n) is 9.50. The highest BCUT2D eigenvalue weighted by atomic mass is 79.9. The Balaban J connectivity index is 1.63. The molecule has 1 aliphatic heterocycles. The maximum atomic E-state index is 13.6. The summed E-state index contributed by atoms with van der Waals surface area (Å²) in [5, 5.41) is 38.9. The molecule has 3 aromatic rings. The Bertz CT molecular complexity index is 1150. The number of aliphatic hydroxyl groups is 3. The van der Waals surface area contributed by atoms with Crippen molar-refractivity contribution in [3.05, 3.63) is 64.3 Å². The summed E-state index contributed by atoms with van der Waals surface area (Å²) in [5.41, 5.74) is -1.14. The highest BCUT2D eigenvalue weighted by Gasteiger charge is 2.46. The zero-order valence-electron chi connectivity index (χ0n) is 16.4. The van der Waals surface area contributed by atoms with Crippen molar-refractivity contribution in [2.24, 2.45) is 0 Å². The highest BCUT2D eigenvalue weighted by Crippen LogP contribution is 2.39. The summed E-state index contributed by atoms with van der Waals surface area (Å²) in [6, 6.07) is 4.50. The third kappa shape index (κ3) is 4.79. The molecule has 0 amide bonds. The Kier molecular flexibility index (Phi) is 7.07. The molecule has 13 heteroatoms. The molecule has 2 heterocycles. The van der Waals surface area contributed by atoms with Gasteiger partial charge in [-0.15, -0.1) is 5.10 Å². The van der Waals surface area contributed by atoms with Crippen LogP contribution in [0.1, 0.15) is 6.04 Å². The molecule has 5 atom stereocenters. The lowest BCUT2D eigenvalue weighted by atomic mass is 9.97. The second-order valence-electron chi connectivity index (χ2n) is 7.23. The third-order valence-electron chi connectivity index (χ3n) is 5.09. The number of ether oxygens (including phenoxy) is 1. The van der Waals surface area contributed by atoms with Crippen molar-refractivity contribution in [2.45, 2.75) is 34.7 Å². The van der Waals surface area contributed by atoms with E-state index in [0.717, 1.165) is 28.6 Å². The first kappa shape index (κ1) is 24.1. The summed E-state index contributed by atoms with van der Waals surface area (Å²) in [6.07, 6.45) is -2.68. The molecule has 1 saturated heterocycles. The number of thioether (sulfide) groups is 1. The third-order valence-corrected chi connectivity index (χ3v) is 6.84. The number of rotatable bonds is 5. The highest BCUT2D eigenvalue weighted by molar-refractivity contribution is 9.10. The van der Waals surface area contributed by atoms with Crippen LogP contribution in [0, 0.1) is 23.3 Å². The molecule has 1 aliphatic rings. The molecule has 7 nitrogen and oxygen atoms in total. The van der Waals surface area contributed by atoms with Gasteiger partial charge in [0.25, 0.3) is 0 Å². The van der Waals surface area contributed by atoms with Crippen LogP contribution in [0.5, 0.6) is 0 Å². The van der Waals surface area contributed by atoms with Crippen LogP contribution in [0.2, 0.25) is 0 Å². The first-order valence-corrected chi connectivity index (χ1v) is 11.2. The Morgan fingerprint density at radius 3 is 2.36 bits per heavy atom. The van der Waals surface area contributed by atoms with Gasteiger partial charge in [0, 0.05) is 10.5 Å². The lowest BCUT2D eigenvalue weighted by molar-refractivity contribution is -0.178.